The highest BCUT2D eigenvalue weighted by Crippen LogP contribution is 2.26. The molecule has 2 aromatic rings. The fourth-order valence-electron chi connectivity index (χ4n) is 2.40. The van der Waals surface area contributed by atoms with Crippen LogP contribution in [-0.4, -0.2) is 17.4 Å². The second-order valence-electron chi connectivity index (χ2n) is 5.03. The van der Waals surface area contributed by atoms with Gasteiger partial charge in [-0.3, -0.25) is 9.59 Å². The SMILES string of the molecule is CC1=NN(c2ccccc2)C(=O)[C@H]1C(=O)c1ccc(F)cc1. The molecular weight excluding hydrogens is 283 g/mol. The zero-order valence-electron chi connectivity index (χ0n) is 11.9. The number of hydrazone groups is 1. The minimum absolute atomic E-state index is 0.296. The van der Waals surface area contributed by atoms with Crippen molar-refractivity contribution in [3.8, 4) is 0 Å². The predicted octanol–water partition coefficient (Wildman–Crippen LogP) is 3.05. The van der Waals surface area contributed by atoms with Gasteiger partial charge in [0, 0.05) is 5.56 Å². The Hall–Kier alpha value is -2.82. The first-order valence-corrected chi connectivity index (χ1v) is 6.82. The highest BCUT2D eigenvalue weighted by molar-refractivity contribution is 6.30. The van der Waals surface area contributed by atoms with Crippen LogP contribution in [0.5, 0.6) is 0 Å². The van der Waals surface area contributed by atoms with Crippen molar-refractivity contribution in [2.45, 2.75) is 6.92 Å². The molecular formula is C17H13FN2O2. The van der Waals surface area contributed by atoms with Crippen LogP contribution in [0.1, 0.15) is 17.3 Å². The van der Waals surface area contributed by atoms with Gasteiger partial charge in [0.25, 0.3) is 5.91 Å². The van der Waals surface area contributed by atoms with Crippen molar-refractivity contribution >= 4 is 23.1 Å². The van der Waals surface area contributed by atoms with Crippen molar-refractivity contribution in [1.82, 2.24) is 0 Å². The van der Waals surface area contributed by atoms with Crippen LogP contribution in [-0.2, 0) is 4.79 Å². The first-order valence-electron chi connectivity index (χ1n) is 6.82. The van der Waals surface area contributed by atoms with Gasteiger partial charge in [-0.2, -0.15) is 10.1 Å². The molecule has 0 unspecified atom stereocenters. The predicted molar refractivity (Wildman–Crippen MR) is 81.3 cm³/mol. The molecule has 3 rings (SSSR count). The Bertz CT molecular complexity index is 754. The first kappa shape index (κ1) is 14.1. The fraction of sp³-hybridized carbons (Fsp3) is 0.118. The minimum atomic E-state index is -0.953. The first-order chi connectivity index (χ1) is 10.6. The molecule has 2 aromatic carbocycles. The van der Waals surface area contributed by atoms with Crippen molar-refractivity contribution in [1.29, 1.82) is 0 Å². The number of carbonyl (C=O) groups excluding carboxylic acids is 2. The molecule has 0 radical (unpaired) electrons. The maximum Gasteiger partial charge on any atom is 0.264 e. The Morgan fingerprint density at radius 2 is 1.73 bits per heavy atom. The molecule has 0 fully saturated rings. The van der Waals surface area contributed by atoms with Gasteiger partial charge in [0.15, 0.2) is 5.78 Å². The number of para-hydroxylation sites is 1. The third-order valence-corrected chi connectivity index (χ3v) is 3.52. The van der Waals surface area contributed by atoms with E-state index in [-0.39, 0.29) is 5.78 Å². The van der Waals surface area contributed by atoms with Crippen LogP contribution < -0.4 is 5.01 Å². The lowest BCUT2D eigenvalue weighted by Crippen LogP contribution is -2.32. The van der Waals surface area contributed by atoms with Crippen LogP contribution in [0.4, 0.5) is 10.1 Å². The largest absolute Gasteiger partial charge is 0.293 e. The molecule has 5 heteroatoms. The van der Waals surface area contributed by atoms with Crippen LogP contribution in [0, 0.1) is 11.7 Å². The zero-order valence-corrected chi connectivity index (χ0v) is 11.9. The van der Waals surface area contributed by atoms with E-state index in [1.54, 1.807) is 31.2 Å². The molecule has 1 amide bonds. The Labute approximate surface area is 126 Å². The zero-order chi connectivity index (χ0) is 15.7. The lowest BCUT2D eigenvalue weighted by Gasteiger charge is -2.13. The van der Waals surface area contributed by atoms with Crippen molar-refractivity contribution in [2.75, 3.05) is 5.01 Å². The highest BCUT2D eigenvalue weighted by Gasteiger charge is 2.39. The third-order valence-electron chi connectivity index (χ3n) is 3.52. The Kier molecular flexibility index (Phi) is 3.55. The van der Waals surface area contributed by atoms with Crippen molar-refractivity contribution < 1.29 is 14.0 Å². The Morgan fingerprint density at radius 3 is 2.36 bits per heavy atom. The topological polar surface area (TPSA) is 49.7 Å². The maximum atomic E-state index is 13.0. The molecule has 1 atom stereocenters. The monoisotopic (exact) mass is 296 g/mol. The van der Waals surface area contributed by atoms with Crippen LogP contribution in [0.25, 0.3) is 0 Å². The average Bonchev–Trinajstić information content (AvgIpc) is 2.83. The molecule has 1 aliphatic heterocycles. The van der Waals surface area contributed by atoms with E-state index in [0.717, 1.165) is 0 Å². The molecule has 110 valence electrons. The number of anilines is 1. The van der Waals surface area contributed by atoms with Gasteiger partial charge >= 0.3 is 0 Å². The average molecular weight is 296 g/mol. The standard InChI is InChI=1S/C17H13FN2O2/c1-11-15(16(21)12-7-9-13(18)10-8-12)17(22)20(19-11)14-5-3-2-4-6-14/h2-10,15H,1H3/t15-/m1/s1. The number of ketones is 1. The van der Waals surface area contributed by atoms with Gasteiger partial charge in [-0.25, -0.2) is 4.39 Å². The highest BCUT2D eigenvalue weighted by atomic mass is 19.1. The maximum absolute atomic E-state index is 13.0. The number of halogens is 1. The summed E-state index contributed by atoms with van der Waals surface area (Å²) in [5.74, 6) is -2.14. The van der Waals surface area contributed by atoms with Crippen LogP contribution in [0.3, 0.4) is 0 Å². The molecule has 4 nitrogen and oxygen atoms in total. The summed E-state index contributed by atoms with van der Waals surface area (Å²) >= 11 is 0. The molecule has 0 aliphatic carbocycles. The van der Waals surface area contributed by atoms with Gasteiger partial charge in [-0.1, -0.05) is 18.2 Å². The summed E-state index contributed by atoms with van der Waals surface area (Å²) in [4.78, 5) is 25.0. The van der Waals surface area contributed by atoms with Gasteiger partial charge in [0.1, 0.15) is 11.7 Å². The summed E-state index contributed by atoms with van der Waals surface area (Å²) in [5, 5.41) is 5.43. The molecule has 22 heavy (non-hydrogen) atoms. The van der Waals surface area contributed by atoms with Crippen molar-refractivity contribution in [2.24, 2.45) is 11.0 Å². The molecule has 0 spiro atoms. The molecule has 0 N–H and O–H groups in total. The quantitative estimate of drug-likeness (QED) is 0.645. The van der Waals surface area contributed by atoms with E-state index in [0.29, 0.717) is 17.0 Å². The lowest BCUT2D eigenvalue weighted by atomic mass is 9.93. The van der Waals surface area contributed by atoms with Crippen molar-refractivity contribution in [3.63, 3.8) is 0 Å². The molecule has 0 bridgehead atoms. The van der Waals surface area contributed by atoms with Gasteiger partial charge < -0.3 is 0 Å². The number of nitrogens with zero attached hydrogens (tertiary/aromatic N) is 2. The number of carbonyl (C=O) groups is 2. The number of hydrogen-bond donors (Lipinski definition) is 0. The van der Waals surface area contributed by atoms with Gasteiger partial charge in [-0.15, -0.1) is 0 Å². The van der Waals surface area contributed by atoms with Crippen LogP contribution in [0.2, 0.25) is 0 Å². The smallest absolute Gasteiger partial charge is 0.264 e. The van der Waals surface area contributed by atoms with E-state index in [4.69, 9.17) is 0 Å². The number of benzene rings is 2. The van der Waals surface area contributed by atoms with E-state index in [2.05, 4.69) is 5.10 Å². The molecule has 1 heterocycles. The lowest BCUT2D eigenvalue weighted by molar-refractivity contribution is -0.118. The van der Waals surface area contributed by atoms with E-state index >= 15 is 0 Å². The number of hydrogen-bond acceptors (Lipinski definition) is 3. The molecule has 1 aliphatic rings. The molecule has 0 aromatic heterocycles. The summed E-state index contributed by atoms with van der Waals surface area (Å²) in [6, 6.07) is 14.1. The minimum Gasteiger partial charge on any atom is -0.293 e. The van der Waals surface area contributed by atoms with Gasteiger partial charge in [0.2, 0.25) is 0 Å². The second kappa shape index (κ2) is 5.52. The van der Waals surface area contributed by atoms with Gasteiger partial charge in [-0.05, 0) is 43.3 Å². The van der Waals surface area contributed by atoms with E-state index in [1.807, 2.05) is 6.07 Å². The van der Waals surface area contributed by atoms with E-state index in [1.165, 1.54) is 29.3 Å². The number of rotatable bonds is 3. The van der Waals surface area contributed by atoms with E-state index in [9.17, 15) is 14.0 Å². The normalized spacial score (nSPS) is 17.5. The summed E-state index contributed by atoms with van der Waals surface area (Å²) in [7, 11) is 0. The fourth-order valence-corrected chi connectivity index (χ4v) is 2.40. The summed E-state index contributed by atoms with van der Waals surface area (Å²) in [6.07, 6.45) is 0. The third kappa shape index (κ3) is 2.41. The van der Waals surface area contributed by atoms with Gasteiger partial charge in [0.05, 0.1) is 11.4 Å². The summed E-state index contributed by atoms with van der Waals surface area (Å²) < 4.78 is 13.0. The van der Waals surface area contributed by atoms with Crippen LogP contribution in [0.15, 0.2) is 59.7 Å². The Balaban J connectivity index is 1.90. The number of Topliss-reactive ketones (excluding diaryl/α,β-unsaturated/α-hetero) is 1. The van der Waals surface area contributed by atoms with Crippen LogP contribution >= 0.6 is 0 Å². The Morgan fingerprint density at radius 1 is 1.09 bits per heavy atom. The summed E-state index contributed by atoms with van der Waals surface area (Å²) in [6.45, 7) is 1.65. The molecule has 0 saturated carbocycles. The number of amides is 1. The van der Waals surface area contributed by atoms with E-state index < -0.39 is 17.6 Å². The summed E-state index contributed by atoms with van der Waals surface area (Å²) in [5.41, 5.74) is 1.34. The molecule has 0 saturated heterocycles. The second-order valence-corrected chi connectivity index (χ2v) is 5.03. The van der Waals surface area contributed by atoms with Crippen molar-refractivity contribution in [3.05, 3.63) is 66.0 Å².